The van der Waals surface area contributed by atoms with Crippen molar-refractivity contribution in [2.24, 2.45) is 11.7 Å². The molecule has 0 aliphatic heterocycles. The third-order valence-corrected chi connectivity index (χ3v) is 4.00. The number of hydrogen-bond acceptors (Lipinski definition) is 4. The van der Waals surface area contributed by atoms with Gasteiger partial charge >= 0.3 is 0 Å². The van der Waals surface area contributed by atoms with Gasteiger partial charge in [0.15, 0.2) is 0 Å². The van der Waals surface area contributed by atoms with Crippen LogP contribution in [0.5, 0.6) is 0 Å². The van der Waals surface area contributed by atoms with Crippen molar-refractivity contribution in [1.29, 1.82) is 0 Å². The second-order valence-electron chi connectivity index (χ2n) is 6.17. The lowest BCUT2D eigenvalue weighted by molar-refractivity contribution is -0.122. The number of ketones is 1. The molecular formula is C22H46N2O4. The molecule has 0 spiro atoms. The number of carbonyl (C=O) groups is 3. The fourth-order valence-electron chi connectivity index (χ4n) is 2.57. The van der Waals surface area contributed by atoms with Gasteiger partial charge in [-0.1, -0.05) is 47.0 Å². The second kappa shape index (κ2) is 25.6. The van der Waals surface area contributed by atoms with Crippen LogP contribution in [0.3, 0.4) is 0 Å². The van der Waals surface area contributed by atoms with Crippen LogP contribution in [0.2, 0.25) is 0 Å². The number of Topliss-reactive ketones (excluding diaryl/α,β-unsaturated/α-hetero) is 1. The molecule has 2 amide bonds. The van der Waals surface area contributed by atoms with Crippen LogP contribution in [0.1, 0.15) is 99.3 Å². The molecule has 6 nitrogen and oxygen atoms in total. The number of hydrogen-bond donors (Lipinski definition) is 2. The summed E-state index contributed by atoms with van der Waals surface area (Å²) in [5, 5.41) is 2.74. The highest BCUT2D eigenvalue weighted by Gasteiger charge is 2.16. The van der Waals surface area contributed by atoms with Crippen LogP contribution < -0.4 is 11.1 Å². The number of ether oxygens (including phenoxy) is 1. The Morgan fingerprint density at radius 3 is 1.96 bits per heavy atom. The zero-order valence-electron chi connectivity index (χ0n) is 19.3. The lowest BCUT2D eigenvalue weighted by Crippen LogP contribution is -2.25. The van der Waals surface area contributed by atoms with Gasteiger partial charge in [0.25, 0.3) is 0 Å². The fourth-order valence-corrected chi connectivity index (χ4v) is 2.57. The number of rotatable bonds is 10. The van der Waals surface area contributed by atoms with E-state index in [0.717, 1.165) is 19.3 Å². The van der Waals surface area contributed by atoms with E-state index in [4.69, 9.17) is 10.5 Å². The topological polar surface area (TPSA) is 98.5 Å². The Hall–Kier alpha value is -1.43. The summed E-state index contributed by atoms with van der Waals surface area (Å²) in [5.74, 6) is 0.417. The van der Waals surface area contributed by atoms with Crippen LogP contribution in [0.15, 0.2) is 0 Å². The maximum Gasteiger partial charge on any atom is 0.220 e. The number of carbonyl (C=O) groups excluding carboxylic acids is 3. The zero-order valence-corrected chi connectivity index (χ0v) is 19.3. The van der Waals surface area contributed by atoms with Crippen LogP contribution >= 0.6 is 0 Å². The van der Waals surface area contributed by atoms with Crippen LogP contribution in [-0.2, 0) is 19.1 Å². The van der Waals surface area contributed by atoms with Crippen molar-refractivity contribution in [2.45, 2.75) is 99.3 Å². The lowest BCUT2D eigenvalue weighted by Gasteiger charge is -2.17. The normalized spacial score (nSPS) is 12.8. The Labute approximate surface area is 173 Å². The minimum absolute atomic E-state index is 0.0345. The summed E-state index contributed by atoms with van der Waals surface area (Å²) < 4.78 is 5.12. The molecule has 0 saturated heterocycles. The van der Waals surface area contributed by atoms with Crippen molar-refractivity contribution in [3.63, 3.8) is 0 Å². The van der Waals surface area contributed by atoms with Gasteiger partial charge in [-0.3, -0.25) is 14.4 Å². The molecule has 1 aliphatic rings. The van der Waals surface area contributed by atoms with Gasteiger partial charge in [0, 0.05) is 38.5 Å². The molecule has 0 radical (unpaired) electrons. The number of amides is 2. The van der Waals surface area contributed by atoms with E-state index in [0.29, 0.717) is 44.3 Å². The van der Waals surface area contributed by atoms with Crippen LogP contribution in [-0.4, -0.2) is 37.4 Å². The summed E-state index contributed by atoms with van der Waals surface area (Å²) in [5.41, 5.74) is 4.95. The summed E-state index contributed by atoms with van der Waals surface area (Å²) >= 11 is 0. The highest BCUT2D eigenvalue weighted by Crippen LogP contribution is 2.23. The van der Waals surface area contributed by atoms with Gasteiger partial charge in [0.1, 0.15) is 5.78 Å². The van der Waals surface area contributed by atoms with E-state index in [1.165, 1.54) is 19.3 Å². The largest absolute Gasteiger partial charge is 0.382 e. The molecule has 1 saturated carbocycles. The third-order valence-electron chi connectivity index (χ3n) is 4.00. The Balaban J connectivity index is -0.000000407. The van der Waals surface area contributed by atoms with Gasteiger partial charge in [0.05, 0.1) is 0 Å². The standard InChI is InChI=1S/C10H20N2O3.C8H14O.2C2H6/c1-2-15-8-4-7-12-10(14)6-3-5-9(11)13;1-7(9)8-5-3-2-4-6-8;2*1-2/h2-8H2,1H3,(H2,11,13)(H,12,14);8H,2-6H2,1H3;2*1-2H3. The summed E-state index contributed by atoms with van der Waals surface area (Å²) in [6, 6.07) is 0. The van der Waals surface area contributed by atoms with E-state index in [9.17, 15) is 14.4 Å². The van der Waals surface area contributed by atoms with Crippen LogP contribution in [0, 0.1) is 5.92 Å². The Bertz CT molecular complexity index is 368. The lowest BCUT2D eigenvalue weighted by atomic mass is 9.87. The first-order valence-corrected chi connectivity index (χ1v) is 11.1. The molecule has 1 aliphatic carbocycles. The molecule has 0 heterocycles. The van der Waals surface area contributed by atoms with Gasteiger partial charge in [-0.15, -0.1) is 0 Å². The van der Waals surface area contributed by atoms with E-state index in [-0.39, 0.29) is 18.2 Å². The maximum absolute atomic E-state index is 11.2. The van der Waals surface area contributed by atoms with Crippen molar-refractivity contribution >= 4 is 17.6 Å². The maximum atomic E-state index is 11.2. The van der Waals surface area contributed by atoms with Crippen molar-refractivity contribution in [3.05, 3.63) is 0 Å². The number of nitrogens with one attached hydrogen (secondary N) is 1. The van der Waals surface area contributed by atoms with Crippen LogP contribution in [0.4, 0.5) is 0 Å². The smallest absolute Gasteiger partial charge is 0.220 e. The average Bonchev–Trinajstić information content (AvgIpc) is 2.72. The zero-order chi connectivity index (χ0) is 22.2. The molecule has 28 heavy (non-hydrogen) atoms. The summed E-state index contributed by atoms with van der Waals surface area (Å²) in [6.07, 6.45) is 8.13. The van der Waals surface area contributed by atoms with Gasteiger partial charge in [0.2, 0.25) is 11.8 Å². The first-order chi connectivity index (χ1) is 13.5. The number of primary amides is 1. The molecule has 6 heteroatoms. The third kappa shape index (κ3) is 24.6. The summed E-state index contributed by atoms with van der Waals surface area (Å²) in [6.45, 7) is 13.6. The molecule has 0 bridgehead atoms. The molecule has 0 aromatic rings. The molecule has 0 atom stereocenters. The fraction of sp³-hybridized carbons (Fsp3) is 0.864. The highest BCUT2D eigenvalue weighted by molar-refractivity contribution is 5.78. The molecule has 1 rings (SSSR count). The molecular weight excluding hydrogens is 356 g/mol. The Morgan fingerprint density at radius 2 is 1.54 bits per heavy atom. The highest BCUT2D eigenvalue weighted by atomic mass is 16.5. The molecule has 3 N–H and O–H groups in total. The van der Waals surface area contributed by atoms with Gasteiger partial charge in [-0.2, -0.15) is 0 Å². The van der Waals surface area contributed by atoms with Crippen molar-refractivity contribution < 1.29 is 19.1 Å². The molecule has 0 aromatic carbocycles. The molecule has 0 aromatic heterocycles. The monoisotopic (exact) mass is 402 g/mol. The predicted molar refractivity (Wildman–Crippen MR) is 117 cm³/mol. The van der Waals surface area contributed by atoms with E-state index >= 15 is 0 Å². The number of nitrogens with two attached hydrogens (primary N) is 1. The minimum Gasteiger partial charge on any atom is -0.382 e. The van der Waals surface area contributed by atoms with Gasteiger partial charge < -0.3 is 15.8 Å². The van der Waals surface area contributed by atoms with E-state index in [2.05, 4.69) is 5.32 Å². The summed E-state index contributed by atoms with van der Waals surface area (Å²) in [4.78, 5) is 32.3. The quantitative estimate of drug-likeness (QED) is 0.529. The van der Waals surface area contributed by atoms with E-state index in [1.807, 2.05) is 34.6 Å². The first kappa shape index (κ1) is 31.3. The van der Waals surface area contributed by atoms with Crippen LogP contribution in [0.25, 0.3) is 0 Å². The minimum atomic E-state index is -0.362. The summed E-state index contributed by atoms with van der Waals surface area (Å²) in [7, 11) is 0. The van der Waals surface area contributed by atoms with Crippen molar-refractivity contribution in [3.8, 4) is 0 Å². The Kier molecular flexibility index (Phi) is 28.6. The SMILES string of the molecule is CC.CC.CC(=O)C1CCCCC1.CCOCCCNC(=O)CCCC(N)=O. The van der Waals surface area contributed by atoms with Gasteiger partial charge in [-0.05, 0) is 39.5 Å². The van der Waals surface area contributed by atoms with E-state index in [1.54, 1.807) is 6.92 Å². The molecule has 168 valence electrons. The predicted octanol–water partition coefficient (Wildman–Crippen LogP) is 4.39. The molecule has 1 fully saturated rings. The average molecular weight is 403 g/mol. The first-order valence-electron chi connectivity index (χ1n) is 11.1. The van der Waals surface area contributed by atoms with Crippen molar-refractivity contribution in [2.75, 3.05) is 19.8 Å². The van der Waals surface area contributed by atoms with Crippen molar-refractivity contribution in [1.82, 2.24) is 5.32 Å². The van der Waals surface area contributed by atoms with E-state index < -0.39 is 0 Å². The van der Waals surface area contributed by atoms with Gasteiger partial charge in [-0.25, -0.2) is 0 Å². The molecule has 0 unspecified atom stereocenters. The Morgan fingerprint density at radius 1 is 0.964 bits per heavy atom. The second-order valence-corrected chi connectivity index (χ2v) is 6.17.